The van der Waals surface area contributed by atoms with Gasteiger partial charge in [-0.2, -0.15) is 0 Å². The molecule has 2 fully saturated rings. The molecule has 1 heterocycles. The Morgan fingerprint density at radius 3 is 2.11 bits per heavy atom. The van der Waals surface area contributed by atoms with E-state index in [0.717, 1.165) is 32.4 Å². The number of carbonyl (C=O) groups is 2. The van der Waals surface area contributed by atoms with Gasteiger partial charge in [0, 0.05) is 13.1 Å². The summed E-state index contributed by atoms with van der Waals surface area (Å²) in [5.74, 6) is -1.29. The van der Waals surface area contributed by atoms with Crippen molar-refractivity contribution in [3.63, 3.8) is 0 Å². The highest BCUT2D eigenvalue weighted by Gasteiger charge is 2.52. The highest BCUT2D eigenvalue weighted by Crippen LogP contribution is 2.48. The SMILES string of the molecule is O=C(O)[C@@H]1[C@@H](C(=O)N2CCCCCC2)[C@@H]2C=C[C@@H]1C2. The van der Waals surface area contributed by atoms with Gasteiger partial charge in [-0.3, -0.25) is 9.59 Å². The lowest BCUT2D eigenvalue weighted by atomic mass is 9.82. The average Bonchev–Trinajstić information content (AvgIpc) is 2.89. The van der Waals surface area contributed by atoms with Crippen molar-refractivity contribution >= 4 is 11.9 Å². The molecule has 2 bridgehead atoms. The second-order valence-corrected chi connectivity index (χ2v) is 6.08. The van der Waals surface area contributed by atoms with Crippen LogP contribution < -0.4 is 0 Å². The summed E-state index contributed by atoms with van der Waals surface area (Å²) in [4.78, 5) is 26.1. The zero-order valence-corrected chi connectivity index (χ0v) is 11.1. The van der Waals surface area contributed by atoms with Crippen molar-refractivity contribution in [2.45, 2.75) is 32.1 Å². The lowest BCUT2D eigenvalue weighted by Crippen LogP contribution is -2.43. The number of amides is 1. The van der Waals surface area contributed by atoms with Gasteiger partial charge in [0.15, 0.2) is 0 Å². The van der Waals surface area contributed by atoms with E-state index in [1.54, 1.807) is 0 Å². The zero-order chi connectivity index (χ0) is 13.4. The van der Waals surface area contributed by atoms with Gasteiger partial charge in [-0.25, -0.2) is 0 Å². The summed E-state index contributed by atoms with van der Waals surface area (Å²) in [6.45, 7) is 1.62. The lowest BCUT2D eigenvalue weighted by Gasteiger charge is -2.30. The van der Waals surface area contributed by atoms with Gasteiger partial charge in [-0.15, -0.1) is 0 Å². The first-order valence-electron chi connectivity index (χ1n) is 7.38. The molecule has 0 aromatic carbocycles. The van der Waals surface area contributed by atoms with Crippen LogP contribution in [-0.2, 0) is 9.59 Å². The van der Waals surface area contributed by atoms with Gasteiger partial charge in [-0.05, 0) is 31.1 Å². The summed E-state index contributed by atoms with van der Waals surface area (Å²) in [7, 11) is 0. The first-order chi connectivity index (χ1) is 9.18. The molecule has 0 unspecified atom stereocenters. The van der Waals surface area contributed by atoms with Crippen molar-refractivity contribution in [2.24, 2.45) is 23.7 Å². The Labute approximate surface area is 113 Å². The summed E-state index contributed by atoms with van der Waals surface area (Å²) in [5, 5.41) is 9.40. The predicted octanol–water partition coefficient (Wildman–Crippen LogP) is 1.91. The number of fused-ring (bicyclic) bond motifs is 2. The molecule has 0 spiro atoms. The minimum Gasteiger partial charge on any atom is -0.481 e. The molecule has 0 aromatic rings. The van der Waals surface area contributed by atoms with E-state index in [2.05, 4.69) is 6.08 Å². The van der Waals surface area contributed by atoms with E-state index in [1.807, 2.05) is 11.0 Å². The van der Waals surface area contributed by atoms with Crippen LogP contribution in [0.15, 0.2) is 12.2 Å². The minimum absolute atomic E-state index is 0.0726. The van der Waals surface area contributed by atoms with Gasteiger partial charge >= 0.3 is 5.97 Å². The maximum Gasteiger partial charge on any atom is 0.307 e. The highest BCUT2D eigenvalue weighted by atomic mass is 16.4. The van der Waals surface area contributed by atoms with Gasteiger partial charge in [-0.1, -0.05) is 25.0 Å². The second-order valence-electron chi connectivity index (χ2n) is 6.08. The van der Waals surface area contributed by atoms with E-state index in [0.29, 0.717) is 0 Å². The maximum atomic E-state index is 12.7. The van der Waals surface area contributed by atoms with E-state index in [9.17, 15) is 14.7 Å². The molecule has 1 N–H and O–H groups in total. The Morgan fingerprint density at radius 2 is 1.53 bits per heavy atom. The van der Waals surface area contributed by atoms with Crippen LogP contribution in [0.4, 0.5) is 0 Å². The van der Waals surface area contributed by atoms with Crippen LogP contribution in [0.3, 0.4) is 0 Å². The normalized spacial score (nSPS) is 37.4. The quantitative estimate of drug-likeness (QED) is 0.774. The van der Waals surface area contributed by atoms with Crippen LogP contribution in [0.1, 0.15) is 32.1 Å². The number of carboxylic acids is 1. The lowest BCUT2D eigenvalue weighted by molar-refractivity contribution is -0.151. The van der Waals surface area contributed by atoms with Crippen LogP contribution in [0, 0.1) is 23.7 Å². The molecule has 2 aliphatic carbocycles. The Balaban J connectivity index is 1.78. The third-order valence-electron chi connectivity index (χ3n) is 4.95. The van der Waals surface area contributed by atoms with Crippen molar-refractivity contribution in [2.75, 3.05) is 13.1 Å². The molecule has 0 radical (unpaired) electrons. The van der Waals surface area contributed by atoms with Gasteiger partial charge in [0.1, 0.15) is 0 Å². The molecular formula is C15H21NO3. The first kappa shape index (κ1) is 12.7. The fourth-order valence-corrected chi connectivity index (χ4v) is 4.00. The molecule has 19 heavy (non-hydrogen) atoms. The summed E-state index contributed by atoms with van der Waals surface area (Å²) in [6, 6.07) is 0. The van der Waals surface area contributed by atoms with E-state index in [1.165, 1.54) is 12.8 Å². The van der Waals surface area contributed by atoms with Crippen LogP contribution in [-0.4, -0.2) is 35.0 Å². The van der Waals surface area contributed by atoms with Gasteiger partial charge in [0.2, 0.25) is 5.91 Å². The number of hydrogen-bond donors (Lipinski definition) is 1. The molecular weight excluding hydrogens is 242 g/mol. The fourth-order valence-electron chi connectivity index (χ4n) is 4.00. The van der Waals surface area contributed by atoms with Crippen LogP contribution in [0.25, 0.3) is 0 Å². The fraction of sp³-hybridized carbons (Fsp3) is 0.733. The average molecular weight is 263 g/mol. The van der Waals surface area contributed by atoms with Gasteiger partial charge < -0.3 is 10.0 Å². The Hall–Kier alpha value is -1.32. The topological polar surface area (TPSA) is 57.6 Å². The van der Waals surface area contributed by atoms with Crippen LogP contribution >= 0.6 is 0 Å². The third kappa shape index (κ3) is 2.17. The summed E-state index contributed by atoms with van der Waals surface area (Å²) >= 11 is 0. The summed E-state index contributed by atoms with van der Waals surface area (Å²) in [6.07, 6.45) is 9.38. The molecule has 4 nitrogen and oxygen atoms in total. The highest BCUT2D eigenvalue weighted by molar-refractivity contribution is 5.87. The Kier molecular flexibility index (Phi) is 3.33. The summed E-state index contributed by atoms with van der Waals surface area (Å²) < 4.78 is 0. The smallest absolute Gasteiger partial charge is 0.307 e. The van der Waals surface area contributed by atoms with E-state index < -0.39 is 11.9 Å². The molecule has 0 aromatic heterocycles. The van der Waals surface area contributed by atoms with E-state index in [-0.39, 0.29) is 23.7 Å². The number of likely N-dealkylation sites (tertiary alicyclic amines) is 1. The number of carboxylic acid groups (broad SMARTS) is 1. The van der Waals surface area contributed by atoms with Crippen LogP contribution in [0.2, 0.25) is 0 Å². The maximum absolute atomic E-state index is 12.7. The van der Waals surface area contributed by atoms with E-state index in [4.69, 9.17) is 0 Å². The number of aliphatic carboxylic acids is 1. The zero-order valence-electron chi connectivity index (χ0n) is 11.1. The van der Waals surface area contributed by atoms with Crippen molar-refractivity contribution in [1.82, 2.24) is 4.90 Å². The minimum atomic E-state index is -0.801. The molecule has 3 rings (SSSR count). The molecule has 1 aliphatic heterocycles. The van der Waals surface area contributed by atoms with Crippen molar-refractivity contribution < 1.29 is 14.7 Å². The van der Waals surface area contributed by atoms with Crippen molar-refractivity contribution in [3.05, 3.63) is 12.2 Å². The summed E-state index contributed by atoms with van der Waals surface area (Å²) in [5.41, 5.74) is 0. The van der Waals surface area contributed by atoms with Gasteiger partial charge in [0.25, 0.3) is 0 Å². The third-order valence-corrected chi connectivity index (χ3v) is 4.95. The molecule has 4 atom stereocenters. The number of hydrogen-bond acceptors (Lipinski definition) is 2. The number of allylic oxidation sites excluding steroid dienone is 2. The molecule has 1 amide bonds. The second kappa shape index (κ2) is 4.99. The van der Waals surface area contributed by atoms with Crippen molar-refractivity contribution in [3.8, 4) is 0 Å². The Morgan fingerprint density at radius 1 is 0.947 bits per heavy atom. The van der Waals surface area contributed by atoms with Crippen molar-refractivity contribution in [1.29, 1.82) is 0 Å². The molecule has 3 aliphatic rings. The molecule has 4 heteroatoms. The largest absolute Gasteiger partial charge is 0.481 e. The first-order valence-corrected chi connectivity index (χ1v) is 7.38. The van der Waals surface area contributed by atoms with E-state index >= 15 is 0 Å². The molecule has 104 valence electrons. The molecule has 1 saturated heterocycles. The number of nitrogens with zero attached hydrogens (tertiary/aromatic N) is 1. The standard InChI is InChI=1S/C15H21NO3/c17-14(16-7-3-1-2-4-8-16)12-10-5-6-11(9-10)13(12)15(18)19/h5-6,10-13H,1-4,7-9H2,(H,18,19)/t10-,11-,12+,13+/m1/s1. The predicted molar refractivity (Wildman–Crippen MR) is 70.4 cm³/mol. The van der Waals surface area contributed by atoms with Crippen LogP contribution in [0.5, 0.6) is 0 Å². The number of rotatable bonds is 2. The number of carbonyl (C=O) groups excluding carboxylic acids is 1. The van der Waals surface area contributed by atoms with Gasteiger partial charge in [0.05, 0.1) is 11.8 Å². The Bertz CT molecular complexity index is 410. The monoisotopic (exact) mass is 263 g/mol. The molecule has 1 saturated carbocycles.